The molecule has 0 bridgehead atoms. The van der Waals surface area contributed by atoms with Gasteiger partial charge in [0, 0.05) is 22.8 Å². The number of anilines is 2. The van der Waals surface area contributed by atoms with E-state index in [4.69, 9.17) is 0 Å². The van der Waals surface area contributed by atoms with E-state index in [1.54, 1.807) is 12.1 Å². The van der Waals surface area contributed by atoms with E-state index < -0.39 is 0 Å². The fourth-order valence-electron chi connectivity index (χ4n) is 2.15. The van der Waals surface area contributed by atoms with Crippen LogP contribution >= 0.6 is 15.9 Å². The van der Waals surface area contributed by atoms with E-state index >= 15 is 0 Å². The Hall–Kier alpha value is -2.14. The minimum atomic E-state index is -0.233. The van der Waals surface area contributed by atoms with Crippen molar-refractivity contribution in [2.75, 3.05) is 16.8 Å². The normalized spacial score (nSPS) is 10.1. The van der Waals surface area contributed by atoms with Gasteiger partial charge in [-0.2, -0.15) is 0 Å². The Kier molecular flexibility index (Phi) is 5.33. The molecule has 0 aliphatic rings. The van der Waals surface area contributed by atoms with Gasteiger partial charge in [-0.25, -0.2) is 0 Å². The smallest absolute Gasteiger partial charge is 0.244 e. The lowest BCUT2D eigenvalue weighted by atomic mass is 10.2. The van der Waals surface area contributed by atoms with Crippen molar-refractivity contribution in [2.45, 2.75) is 13.8 Å². The first kappa shape index (κ1) is 16.2. The first-order valence-electron chi connectivity index (χ1n) is 6.86. The predicted molar refractivity (Wildman–Crippen MR) is 92.0 cm³/mol. The maximum atomic E-state index is 12.2. The van der Waals surface area contributed by atoms with Crippen molar-refractivity contribution >= 4 is 39.1 Å². The maximum Gasteiger partial charge on any atom is 0.244 e. The zero-order chi connectivity index (χ0) is 16.1. The summed E-state index contributed by atoms with van der Waals surface area (Å²) in [4.78, 5) is 25.5. The number of nitrogens with zero attached hydrogens (tertiary/aromatic N) is 1. The lowest BCUT2D eigenvalue weighted by Gasteiger charge is -2.22. The summed E-state index contributed by atoms with van der Waals surface area (Å²) in [5.74, 6) is -0.405. The second-order valence-corrected chi connectivity index (χ2v) is 5.87. The number of nitrogens with one attached hydrogen (secondary N) is 1. The summed E-state index contributed by atoms with van der Waals surface area (Å²) in [7, 11) is 0. The molecule has 5 heteroatoms. The Balaban J connectivity index is 2.15. The topological polar surface area (TPSA) is 49.4 Å². The van der Waals surface area contributed by atoms with Crippen LogP contribution in [0, 0.1) is 6.92 Å². The van der Waals surface area contributed by atoms with Crippen molar-refractivity contribution in [1.29, 1.82) is 0 Å². The van der Waals surface area contributed by atoms with Crippen LogP contribution in [0.3, 0.4) is 0 Å². The van der Waals surface area contributed by atoms with Crippen LogP contribution in [0.1, 0.15) is 12.5 Å². The molecule has 1 N–H and O–H groups in total. The molecule has 0 aliphatic heterocycles. The van der Waals surface area contributed by atoms with Gasteiger partial charge in [0.05, 0.1) is 0 Å². The lowest BCUT2D eigenvalue weighted by Crippen LogP contribution is -2.37. The average molecular weight is 361 g/mol. The van der Waals surface area contributed by atoms with Crippen molar-refractivity contribution in [2.24, 2.45) is 0 Å². The number of aryl methyl sites for hydroxylation is 1. The van der Waals surface area contributed by atoms with Gasteiger partial charge in [0.15, 0.2) is 0 Å². The van der Waals surface area contributed by atoms with Gasteiger partial charge < -0.3 is 10.2 Å². The Bertz CT molecular complexity index is 686. The van der Waals surface area contributed by atoms with Crippen molar-refractivity contribution in [3.63, 3.8) is 0 Å². The first-order valence-corrected chi connectivity index (χ1v) is 7.66. The van der Waals surface area contributed by atoms with E-state index in [-0.39, 0.29) is 18.4 Å². The van der Waals surface area contributed by atoms with E-state index in [2.05, 4.69) is 21.2 Å². The van der Waals surface area contributed by atoms with Crippen LogP contribution in [0.5, 0.6) is 0 Å². The number of carbonyl (C=O) groups excluding carboxylic acids is 2. The van der Waals surface area contributed by atoms with Gasteiger partial charge >= 0.3 is 0 Å². The predicted octanol–water partition coefficient (Wildman–Crippen LogP) is 3.75. The Morgan fingerprint density at radius 3 is 2.41 bits per heavy atom. The Morgan fingerprint density at radius 1 is 1.14 bits per heavy atom. The van der Waals surface area contributed by atoms with Crippen molar-refractivity contribution in [1.82, 2.24) is 0 Å². The summed E-state index contributed by atoms with van der Waals surface area (Å²) in [6.45, 7) is 3.34. The molecule has 4 nitrogen and oxygen atoms in total. The fourth-order valence-corrected chi connectivity index (χ4v) is 2.63. The highest BCUT2D eigenvalue weighted by molar-refractivity contribution is 9.10. The molecule has 2 aromatic carbocycles. The Labute approximate surface area is 138 Å². The minimum absolute atomic E-state index is 0.0211. The number of halogens is 1. The largest absolute Gasteiger partial charge is 0.325 e. The van der Waals surface area contributed by atoms with Crippen molar-refractivity contribution in [3.05, 3.63) is 58.6 Å². The second kappa shape index (κ2) is 7.22. The first-order chi connectivity index (χ1) is 10.5. The molecule has 0 unspecified atom stereocenters. The molecule has 22 heavy (non-hydrogen) atoms. The zero-order valence-corrected chi connectivity index (χ0v) is 14.1. The molecule has 0 fully saturated rings. The monoisotopic (exact) mass is 360 g/mol. The van der Waals surface area contributed by atoms with Crippen LogP contribution in [0.15, 0.2) is 53.0 Å². The third kappa shape index (κ3) is 4.18. The van der Waals surface area contributed by atoms with Crippen molar-refractivity contribution < 1.29 is 9.59 Å². The molecule has 0 saturated carbocycles. The molecule has 0 heterocycles. The third-order valence-electron chi connectivity index (χ3n) is 3.19. The molecular formula is C17H17BrN2O2. The average Bonchev–Trinajstić information content (AvgIpc) is 2.46. The summed E-state index contributed by atoms with van der Waals surface area (Å²) in [5.41, 5.74) is 2.37. The van der Waals surface area contributed by atoms with E-state index in [0.717, 1.165) is 15.7 Å². The molecule has 0 radical (unpaired) electrons. The number of carbonyl (C=O) groups is 2. The highest BCUT2D eigenvalue weighted by atomic mass is 79.9. The van der Waals surface area contributed by atoms with Crippen LogP contribution in [0.4, 0.5) is 11.4 Å². The molecule has 2 aromatic rings. The van der Waals surface area contributed by atoms with Gasteiger partial charge in [0.25, 0.3) is 0 Å². The molecule has 0 saturated heterocycles. The number of rotatable bonds is 4. The third-order valence-corrected chi connectivity index (χ3v) is 3.68. The molecule has 0 aromatic heterocycles. The number of amides is 2. The van der Waals surface area contributed by atoms with Gasteiger partial charge in [-0.15, -0.1) is 0 Å². The summed E-state index contributed by atoms with van der Waals surface area (Å²) in [6.07, 6.45) is 0. The second-order valence-electron chi connectivity index (χ2n) is 4.95. The molecule has 0 atom stereocenters. The highest BCUT2D eigenvalue weighted by Gasteiger charge is 2.17. The maximum absolute atomic E-state index is 12.2. The van der Waals surface area contributed by atoms with Gasteiger partial charge in [0.1, 0.15) is 6.54 Å². The van der Waals surface area contributed by atoms with E-state index in [1.807, 2.05) is 43.3 Å². The quantitative estimate of drug-likeness (QED) is 0.902. The van der Waals surface area contributed by atoms with Crippen molar-refractivity contribution in [3.8, 4) is 0 Å². The van der Waals surface area contributed by atoms with Gasteiger partial charge in [-0.1, -0.05) is 34.1 Å². The number of hydrogen-bond donors (Lipinski definition) is 1. The molecule has 2 amide bonds. The van der Waals surface area contributed by atoms with E-state index in [0.29, 0.717) is 5.69 Å². The molecule has 0 spiro atoms. The molecule has 2 rings (SSSR count). The summed E-state index contributed by atoms with van der Waals surface area (Å²) >= 11 is 3.39. The lowest BCUT2D eigenvalue weighted by molar-refractivity contribution is -0.120. The number of para-hydroxylation sites is 1. The molecule has 0 aliphatic carbocycles. The molecular weight excluding hydrogens is 344 g/mol. The number of benzene rings is 2. The van der Waals surface area contributed by atoms with Crippen LogP contribution in [0.25, 0.3) is 0 Å². The van der Waals surface area contributed by atoms with E-state index in [1.165, 1.54) is 11.8 Å². The van der Waals surface area contributed by atoms with Gasteiger partial charge in [-0.3, -0.25) is 9.59 Å². The van der Waals surface area contributed by atoms with Crippen LogP contribution in [0.2, 0.25) is 0 Å². The van der Waals surface area contributed by atoms with Crippen LogP contribution in [-0.4, -0.2) is 18.4 Å². The Morgan fingerprint density at radius 2 is 1.82 bits per heavy atom. The van der Waals surface area contributed by atoms with Crippen LogP contribution < -0.4 is 10.2 Å². The van der Waals surface area contributed by atoms with Gasteiger partial charge in [0.2, 0.25) is 11.8 Å². The van der Waals surface area contributed by atoms with Crippen LogP contribution in [-0.2, 0) is 9.59 Å². The fraction of sp³-hybridized carbons (Fsp3) is 0.176. The summed E-state index contributed by atoms with van der Waals surface area (Å²) < 4.78 is 0.936. The number of hydrogen-bond acceptors (Lipinski definition) is 2. The van der Waals surface area contributed by atoms with E-state index in [9.17, 15) is 9.59 Å². The minimum Gasteiger partial charge on any atom is -0.325 e. The summed E-state index contributed by atoms with van der Waals surface area (Å²) in [5, 5.41) is 2.79. The van der Waals surface area contributed by atoms with Gasteiger partial charge in [-0.05, 0) is 42.8 Å². The standard InChI is InChI=1S/C17H17BrN2O2/c1-12-10-14(18)8-9-16(12)20(13(2)21)11-17(22)19-15-6-4-3-5-7-15/h3-10H,11H2,1-2H3,(H,19,22). The highest BCUT2D eigenvalue weighted by Crippen LogP contribution is 2.24. The molecule has 114 valence electrons. The zero-order valence-electron chi connectivity index (χ0n) is 12.5. The summed E-state index contributed by atoms with van der Waals surface area (Å²) in [6, 6.07) is 14.8. The SMILES string of the molecule is CC(=O)N(CC(=O)Nc1ccccc1)c1ccc(Br)cc1C.